The number of likely N-dealkylation sites (N-methyl/N-ethyl adjacent to an activating group) is 1. The Kier molecular flexibility index (Phi) is 10.8. The number of hydrogen-bond donors (Lipinski definition) is 2. The van der Waals surface area contributed by atoms with Gasteiger partial charge in [-0.2, -0.15) is 18.4 Å². The summed E-state index contributed by atoms with van der Waals surface area (Å²) in [7, 11) is 1.83. The molecule has 3 aromatic rings. The van der Waals surface area contributed by atoms with E-state index in [4.69, 9.17) is 0 Å². The molecule has 0 bridgehead atoms. The van der Waals surface area contributed by atoms with E-state index in [0.29, 0.717) is 47.1 Å². The Labute approximate surface area is 263 Å². The van der Waals surface area contributed by atoms with Crippen molar-refractivity contribution >= 4 is 22.5 Å². The number of aromatic nitrogens is 2. The van der Waals surface area contributed by atoms with Crippen molar-refractivity contribution in [1.82, 2.24) is 24.7 Å². The number of amides is 1. The van der Waals surface area contributed by atoms with Crippen molar-refractivity contribution in [3.63, 3.8) is 0 Å². The van der Waals surface area contributed by atoms with Gasteiger partial charge in [-0.25, -0.2) is 0 Å². The molecule has 0 saturated carbocycles. The molecule has 0 radical (unpaired) electrons. The van der Waals surface area contributed by atoms with Gasteiger partial charge in [0.15, 0.2) is 0 Å². The average molecular weight is 622 g/mol. The SMILES string of the molecule is CC(C)N(C)C(=O)CN1CCC(NCc2ccc3c(c2)cc(C#CCNc2ccc(C(C)(C)C#N)nc2)n3CC(F)(F)F)CC1. The van der Waals surface area contributed by atoms with Crippen LogP contribution in [-0.4, -0.2) is 76.7 Å². The number of likely N-dealkylation sites (tertiary alicyclic amines) is 1. The molecule has 3 heterocycles. The fourth-order valence-electron chi connectivity index (χ4n) is 5.24. The number of nitrogens with one attached hydrogen (secondary N) is 2. The summed E-state index contributed by atoms with van der Waals surface area (Å²) in [5.74, 6) is 5.98. The number of piperidine rings is 1. The van der Waals surface area contributed by atoms with Crippen LogP contribution >= 0.6 is 0 Å². The van der Waals surface area contributed by atoms with E-state index in [1.54, 1.807) is 49.2 Å². The van der Waals surface area contributed by atoms with E-state index in [0.717, 1.165) is 31.5 Å². The van der Waals surface area contributed by atoms with Crippen LogP contribution in [0.1, 0.15) is 57.5 Å². The Morgan fingerprint density at radius 2 is 1.89 bits per heavy atom. The molecule has 1 aromatic carbocycles. The van der Waals surface area contributed by atoms with E-state index in [1.165, 1.54) is 4.57 Å². The summed E-state index contributed by atoms with van der Waals surface area (Å²) in [6.07, 6.45) is -0.929. The van der Waals surface area contributed by atoms with Crippen LogP contribution in [0.3, 0.4) is 0 Å². The first kappa shape index (κ1) is 33.8. The maximum absolute atomic E-state index is 13.5. The molecular formula is C34H42F3N7O. The summed E-state index contributed by atoms with van der Waals surface area (Å²) in [6.45, 7) is 9.39. The van der Waals surface area contributed by atoms with Crippen LogP contribution in [-0.2, 0) is 23.3 Å². The van der Waals surface area contributed by atoms with Gasteiger partial charge < -0.3 is 20.1 Å². The second-order valence-electron chi connectivity index (χ2n) is 12.5. The van der Waals surface area contributed by atoms with Gasteiger partial charge in [0.2, 0.25) is 5.91 Å². The van der Waals surface area contributed by atoms with E-state index in [9.17, 15) is 23.2 Å². The minimum absolute atomic E-state index is 0.131. The molecular weight excluding hydrogens is 579 g/mol. The van der Waals surface area contributed by atoms with Crippen LogP contribution in [0, 0.1) is 23.2 Å². The molecule has 1 saturated heterocycles. The van der Waals surface area contributed by atoms with E-state index >= 15 is 0 Å². The van der Waals surface area contributed by atoms with Gasteiger partial charge in [0.05, 0.1) is 47.8 Å². The largest absolute Gasteiger partial charge is 0.406 e. The number of benzene rings is 1. The van der Waals surface area contributed by atoms with Gasteiger partial charge >= 0.3 is 6.18 Å². The number of carbonyl (C=O) groups is 1. The zero-order valence-corrected chi connectivity index (χ0v) is 26.6. The molecule has 2 N–H and O–H groups in total. The standard InChI is InChI=1S/C34H42F3N7O/c1-24(2)42(5)32(45)21-43-15-12-27(13-16-43)40-19-25-8-10-30-26(17-25)18-29(44(30)23-34(35,36)37)7-6-14-39-28-9-11-31(41-20-28)33(3,4)22-38/h8-11,17-18,20,24,27,39-40H,12-16,19,21,23H2,1-5H3. The predicted octanol–water partition coefficient (Wildman–Crippen LogP) is 5.28. The third kappa shape index (κ3) is 9.23. The molecule has 45 heavy (non-hydrogen) atoms. The molecule has 4 rings (SSSR count). The summed E-state index contributed by atoms with van der Waals surface area (Å²) in [5.41, 5.74) is 2.41. The van der Waals surface area contributed by atoms with Gasteiger partial charge in [0, 0.05) is 49.7 Å². The number of alkyl halides is 3. The first-order chi connectivity index (χ1) is 21.3. The highest BCUT2D eigenvalue weighted by Crippen LogP contribution is 2.27. The van der Waals surface area contributed by atoms with Gasteiger partial charge in [-0.3, -0.25) is 14.7 Å². The van der Waals surface area contributed by atoms with Crippen molar-refractivity contribution in [1.29, 1.82) is 5.26 Å². The molecule has 1 fully saturated rings. The zero-order valence-electron chi connectivity index (χ0n) is 26.6. The van der Waals surface area contributed by atoms with Crippen molar-refractivity contribution < 1.29 is 18.0 Å². The maximum Gasteiger partial charge on any atom is 0.406 e. The third-order valence-corrected chi connectivity index (χ3v) is 8.29. The van der Waals surface area contributed by atoms with Crippen LogP contribution in [0.5, 0.6) is 0 Å². The topological polar surface area (TPSA) is 89.2 Å². The molecule has 2 aromatic heterocycles. The van der Waals surface area contributed by atoms with Crippen LogP contribution in [0.2, 0.25) is 0 Å². The first-order valence-electron chi connectivity index (χ1n) is 15.3. The highest BCUT2D eigenvalue weighted by molar-refractivity contribution is 5.83. The Hall–Kier alpha value is -4.06. The minimum Gasteiger partial charge on any atom is -0.373 e. The lowest BCUT2D eigenvalue weighted by molar-refractivity contribution is -0.140. The van der Waals surface area contributed by atoms with Gasteiger partial charge in [0.1, 0.15) is 6.54 Å². The lowest BCUT2D eigenvalue weighted by atomic mass is 9.91. The third-order valence-electron chi connectivity index (χ3n) is 8.29. The highest BCUT2D eigenvalue weighted by Gasteiger charge is 2.30. The van der Waals surface area contributed by atoms with Crippen molar-refractivity contribution in [2.45, 2.75) is 77.3 Å². The van der Waals surface area contributed by atoms with Crippen molar-refractivity contribution in [3.8, 4) is 17.9 Å². The fraction of sp³-hybridized carbons (Fsp3) is 0.500. The second kappa shape index (κ2) is 14.4. The average Bonchev–Trinajstić information content (AvgIpc) is 3.33. The number of halogens is 3. The number of anilines is 1. The predicted molar refractivity (Wildman–Crippen MR) is 170 cm³/mol. The van der Waals surface area contributed by atoms with Gasteiger partial charge in [0.25, 0.3) is 0 Å². The molecule has 0 spiro atoms. The lowest BCUT2D eigenvalue weighted by Gasteiger charge is -2.33. The fourth-order valence-corrected chi connectivity index (χ4v) is 5.24. The molecule has 1 amide bonds. The van der Waals surface area contributed by atoms with Crippen LogP contribution in [0.4, 0.5) is 18.9 Å². The summed E-state index contributed by atoms with van der Waals surface area (Å²) >= 11 is 0. The summed E-state index contributed by atoms with van der Waals surface area (Å²) in [6, 6.07) is 13.5. The summed E-state index contributed by atoms with van der Waals surface area (Å²) in [5, 5.41) is 16.7. The number of fused-ring (bicyclic) bond motifs is 1. The number of pyridine rings is 1. The van der Waals surface area contributed by atoms with Crippen molar-refractivity contribution in [2.75, 3.05) is 38.5 Å². The van der Waals surface area contributed by atoms with E-state index in [-0.39, 0.29) is 18.5 Å². The summed E-state index contributed by atoms with van der Waals surface area (Å²) in [4.78, 5) is 20.7. The number of nitriles is 1. The van der Waals surface area contributed by atoms with Gasteiger partial charge in [-0.05, 0) is 82.4 Å². The van der Waals surface area contributed by atoms with Crippen LogP contribution in [0.25, 0.3) is 10.9 Å². The number of rotatable bonds is 10. The maximum atomic E-state index is 13.5. The molecule has 0 atom stereocenters. The second-order valence-corrected chi connectivity index (χ2v) is 12.5. The highest BCUT2D eigenvalue weighted by atomic mass is 19.4. The minimum atomic E-state index is -4.39. The van der Waals surface area contributed by atoms with Gasteiger partial charge in [-0.1, -0.05) is 12.0 Å². The van der Waals surface area contributed by atoms with E-state index in [1.807, 2.05) is 33.0 Å². The monoisotopic (exact) mass is 621 g/mol. The molecule has 240 valence electrons. The van der Waals surface area contributed by atoms with E-state index in [2.05, 4.69) is 38.4 Å². The van der Waals surface area contributed by atoms with Crippen molar-refractivity contribution in [3.05, 3.63) is 59.5 Å². The van der Waals surface area contributed by atoms with Crippen LogP contribution in [0.15, 0.2) is 42.6 Å². The lowest BCUT2D eigenvalue weighted by Crippen LogP contribution is -2.47. The van der Waals surface area contributed by atoms with Gasteiger partial charge in [-0.15, -0.1) is 0 Å². The Morgan fingerprint density at radius 3 is 2.51 bits per heavy atom. The number of hydrogen-bond acceptors (Lipinski definition) is 6. The Morgan fingerprint density at radius 1 is 1.16 bits per heavy atom. The van der Waals surface area contributed by atoms with Crippen LogP contribution < -0.4 is 10.6 Å². The quantitative estimate of drug-likeness (QED) is 0.300. The first-order valence-corrected chi connectivity index (χ1v) is 15.3. The van der Waals surface area contributed by atoms with E-state index < -0.39 is 18.1 Å². The Balaban J connectivity index is 1.38. The normalized spacial score (nSPS) is 14.7. The Bertz CT molecular complexity index is 1570. The summed E-state index contributed by atoms with van der Waals surface area (Å²) < 4.78 is 41.8. The molecule has 0 aliphatic carbocycles. The molecule has 1 aliphatic rings. The van der Waals surface area contributed by atoms with Crippen molar-refractivity contribution in [2.24, 2.45) is 0 Å². The number of carbonyl (C=O) groups excluding carboxylic acids is 1. The molecule has 11 heteroatoms. The molecule has 1 aliphatic heterocycles. The zero-order chi connectivity index (χ0) is 32.8. The molecule has 8 nitrogen and oxygen atoms in total. The smallest absolute Gasteiger partial charge is 0.373 e. The molecule has 0 unspecified atom stereocenters. The number of nitrogens with zero attached hydrogens (tertiary/aromatic N) is 5.